The number of halogens is 1. The number of para-hydroxylation sites is 1. The van der Waals surface area contributed by atoms with Crippen molar-refractivity contribution in [1.82, 2.24) is 9.88 Å². The van der Waals surface area contributed by atoms with Gasteiger partial charge in [-0.1, -0.05) is 18.2 Å². The monoisotopic (exact) mass is 266 g/mol. The number of fused-ring (bicyclic) bond motifs is 1. The Kier molecular flexibility index (Phi) is 3.44. The first-order chi connectivity index (χ1) is 7.33. The molecule has 0 fully saturated rings. The summed E-state index contributed by atoms with van der Waals surface area (Å²) in [5.74, 6) is 0. The van der Waals surface area contributed by atoms with Crippen LogP contribution in [0.2, 0.25) is 0 Å². The molecule has 0 atom stereocenters. The lowest BCUT2D eigenvalue weighted by molar-refractivity contribution is 0.627. The van der Waals surface area contributed by atoms with Crippen LogP contribution < -0.4 is 5.32 Å². The van der Waals surface area contributed by atoms with E-state index in [4.69, 9.17) is 0 Å². The summed E-state index contributed by atoms with van der Waals surface area (Å²) in [7, 11) is 1.99. The molecule has 3 heteroatoms. The van der Waals surface area contributed by atoms with E-state index in [1.807, 2.05) is 7.05 Å². The Morgan fingerprint density at radius 3 is 2.93 bits per heavy atom. The lowest BCUT2D eigenvalue weighted by Gasteiger charge is -2.04. The largest absolute Gasteiger partial charge is 0.346 e. The Balaban J connectivity index is 2.27. The van der Waals surface area contributed by atoms with Crippen LogP contribution in [0, 0.1) is 0 Å². The van der Waals surface area contributed by atoms with Gasteiger partial charge < -0.3 is 9.88 Å². The lowest BCUT2D eigenvalue weighted by Crippen LogP contribution is -2.10. The number of aryl methyl sites for hydroxylation is 1. The highest BCUT2D eigenvalue weighted by Gasteiger charge is 2.04. The van der Waals surface area contributed by atoms with Crippen molar-refractivity contribution in [2.24, 2.45) is 0 Å². The van der Waals surface area contributed by atoms with E-state index in [0.717, 1.165) is 19.5 Å². The molecule has 1 heterocycles. The number of nitrogens with one attached hydrogen (secondary N) is 1. The maximum Gasteiger partial charge on any atom is 0.0492 e. The minimum atomic E-state index is 1.06. The molecule has 0 aliphatic rings. The minimum Gasteiger partial charge on any atom is -0.346 e. The van der Waals surface area contributed by atoms with Gasteiger partial charge in [-0.2, -0.15) is 0 Å². The zero-order chi connectivity index (χ0) is 10.7. The van der Waals surface area contributed by atoms with Crippen molar-refractivity contribution in [3.63, 3.8) is 0 Å². The van der Waals surface area contributed by atoms with Crippen molar-refractivity contribution in [2.45, 2.75) is 13.0 Å². The van der Waals surface area contributed by atoms with E-state index < -0.39 is 0 Å². The van der Waals surface area contributed by atoms with Gasteiger partial charge in [-0.15, -0.1) is 0 Å². The predicted molar refractivity (Wildman–Crippen MR) is 68.2 cm³/mol. The van der Waals surface area contributed by atoms with Crippen LogP contribution >= 0.6 is 15.9 Å². The molecule has 0 unspecified atom stereocenters. The number of nitrogens with zero attached hydrogens (tertiary/aromatic N) is 1. The highest BCUT2D eigenvalue weighted by molar-refractivity contribution is 9.10. The molecule has 80 valence electrons. The fourth-order valence-electron chi connectivity index (χ4n) is 1.81. The molecule has 2 rings (SSSR count). The molecule has 0 spiro atoms. The molecule has 0 amide bonds. The molecular weight excluding hydrogens is 252 g/mol. The number of hydrogen-bond donors (Lipinski definition) is 1. The molecule has 0 radical (unpaired) electrons. The molecule has 0 saturated carbocycles. The van der Waals surface area contributed by atoms with Crippen LogP contribution in [0.3, 0.4) is 0 Å². The van der Waals surface area contributed by atoms with Gasteiger partial charge in [0, 0.05) is 28.1 Å². The van der Waals surface area contributed by atoms with Crippen LogP contribution in [-0.4, -0.2) is 18.2 Å². The van der Waals surface area contributed by atoms with Crippen molar-refractivity contribution >= 4 is 26.8 Å². The van der Waals surface area contributed by atoms with Crippen molar-refractivity contribution in [1.29, 1.82) is 0 Å². The normalized spacial score (nSPS) is 11.1. The zero-order valence-corrected chi connectivity index (χ0v) is 10.4. The molecular formula is C12H15BrN2. The van der Waals surface area contributed by atoms with Crippen molar-refractivity contribution < 1.29 is 0 Å². The number of aromatic nitrogens is 1. The summed E-state index contributed by atoms with van der Waals surface area (Å²) in [5.41, 5.74) is 1.31. The first kappa shape index (κ1) is 10.7. The van der Waals surface area contributed by atoms with Crippen LogP contribution in [0.5, 0.6) is 0 Å². The van der Waals surface area contributed by atoms with Crippen LogP contribution in [0.15, 0.2) is 34.9 Å². The summed E-state index contributed by atoms with van der Waals surface area (Å²) in [4.78, 5) is 0. The topological polar surface area (TPSA) is 17.0 Å². The third-order valence-electron chi connectivity index (χ3n) is 2.57. The average Bonchev–Trinajstić information content (AvgIpc) is 2.58. The second-order valence-corrected chi connectivity index (χ2v) is 4.50. The van der Waals surface area contributed by atoms with Gasteiger partial charge in [-0.05, 0) is 42.0 Å². The van der Waals surface area contributed by atoms with Crippen molar-refractivity contribution in [3.05, 3.63) is 34.9 Å². The summed E-state index contributed by atoms with van der Waals surface area (Å²) in [6, 6.07) is 8.47. The smallest absolute Gasteiger partial charge is 0.0492 e. The number of hydrogen-bond acceptors (Lipinski definition) is 1. The van der Waals surface area contributed by atoms with Gasteiger partial charge in [0.05, 0.1) is 0 Å². The van der Waals surface area contributed by atoms with Gasteiger partial charge in [0.15, 0.2) is 0 Å². The van der Waals surface area contributed by atoms with Gasteiger partial charge in [-0.25, -0.2) is 0 Å². The molecule has 2 aromatic rings. The van der Waals surface area contributed by atoms with E-state index in [9.17, 15) is 0 Å². The standard InChI is InChI=1S/C12H15BrN2/c1-14-7-4-8-15-9-11(13)10-5-2-3-6-12(10)15/h2-3,5-6,9,14H,4,7-8H2,1H3. The SMILES string of the molecule is CNCCCn1cc(Br)c2ccccc21. The average molecular weight is 267 g/mol. The first-order valence-electron chi connectivity index (χ1n) is 5.21. The van der Waals surface area contributed by atoms with Crippen molar-refractivity contribution in [2.75, 3.05) is 13.6 Å². The molecule has 1 aromatic heterocycles. The summed E-state index contributed by atoms with van der Waals surface area (Å²) in [6.45, 7) is 2.12. The summed E-state index contributed by atoms with van der Waals surface area (Å²) < 4.78 is 3.49. The summed E-state index contributed by atoms with van der Waals surface area (Å²) in [5, 5.41) is 4.46. The Morgan fingerprint density at radius 1 is 1.33 bits per heavy atom. The third-order valence-corrected chi connectivity index (χ3v) is 3.20. The Bertz CT molecular complexity index is 448. The molecule has 0 bridgehead atoms. The quantitative estimate of drug-likeness (QED) is 0.842. The molecule has 15 heavy (non-hydrogen) atoms. The van der Waals surface area contributed by atoms with Crippen LogP contribution in [0.4, 0.5) is 0 Å². The summed E-state index contributed by atoms with van der Waals surface area (Å²) >= 11 is 3.59. The Morgan fingerprint density at radius 2 is 2.13 bits per heavy atom. The van der Waals surface area contributed by atoms with Gasteiger partial charge in [-0.3, -0.25) is 0 Å². The maximum absolute atomic E-state index is 3.59. The van der Waals surface area contributed by atoms with E-state index in [-0.39, 0.29) is 0 Å². The highest BCUT2D eigenvalue weighted by atomic mass is 79.9. The fourth-order valence-corrected chi connectivity index (χ4v) is 2.40. The Hall–Kier alpha value is -0.800. The Labute approximate surface area is 98.4 Å². The molecule has 1 N–H and O–H groups in total. The van der Waals surface area contributed by atoms with E-state index in [2.05, 4.69) is 56.3 Å². The molecule has 0 saturated heterocycles. The predicted octanol–water partition coefficient (Wildman–Crippen LogP) is 3.01. The third kappa shape index (κ3) is 2.24. The second-order valence-electron chi connectivity index (χ2n) is 3.64. The van der Waals surface area contributed by atoms with Gasteiger partial charge in [0.1, 0.15) is 0 Å². The number of benzene rings is 1. The van der Waals surface area contributed by atoms with Crippen molar-refractivity contribution in [3.8, 4) is 0 Å². The zero-order valence-electron chi connectivity index (χ0n) is 8.83. The second kappa shape index (κ2) is 4.81. The van der Waals surface area contributed by atoms with Gasteiger partial charge in [0.25, 0.3) is 0 Å². The van der Waals surface area contributed by atoms with Crippen LogP contribution in [-0.2, 0) is 6.54 Å². The van der Waals surface area contributed by atoms with Gasteiger partial charge >= 0.3 is 0 Å². The molecule has 0 aliphatic heterocycles. The number of rotatable bonds is 4. The first-order valence-corrected chi connectivity index (χ1v) is 6.00. The lowest BCUT2D eigenvalue weighted by atomic mass is 10.2. The van der Waals surface area contributed by atoms with Crippen LogP contribution in [0.1, 0.15) is 6.42 Å². The highest BCUT2D eigenvalue weighted by Crippen LogP contribution is 2.25. The van der Waals surface area contributed by atoms with E-state index in [1.54, 1.807) is 0 Å². The van der Waals surface area contributed by atoms with Gasteiger partial charge in [0.2, 0.25) is 0 Å². The summed E-state index contributed by atoms with van der Waals surface area (Å²) in [6.07, 6.45) is 3.32. The van der Waals surface area contributed by atoms with E-state index >= 15 is 0 Å². The molecule has 0 aliphatic carbocycles. The molecule has 2 nitrogen and oxygen atoms in total. The molecule has 1 aromatic carbocycles. The van der Waals surface area contributed by atoms with Crippen LogP contribution in [0.25, 0.3) is 10.9 Å². The maximum atomic E-state index is 3.59. The van der Waals surface area contributed by atoms with E-state index in [1.165, 1.54) is 15.4 Å². The van der Waals surface area contributed by atoms with E-state index in [0.29, 0.717) is 0 Å². The fraction of sp³-hybridized carbons (Fsp3) is 0.333. The minimum absolute atomic E-state index is 1.06.